The molecule has 0 spiro atoms. The Morgan fingerprint density at radius 2 is 1.46 bits per heavy atom. The normalized spacial score (nSPS) is 12.1. The lowest BCUT2D eigenvalue weighted by Gasteiger charge is -2.27. The van der Waals surface area contributed by atoms with Gasteiger partial charge in [0.1, 0.15) is 15.4 Å². The van der Waals surface area contributed by atoms with Crippen LogP contribution in [0, 0.1) is 0 Å². The molecule has 0 aromatic carbocycles. The molecule has 1 aromatic heterocycles. The van der Waals surface area contributed by atoms with E-state index in [1.165, 1.54) is 19.1 Å². The first-order valence-electron chi connectivity index (χ1n) is 9.05. The van der Waals surface area contributed by atoms with E-state index in [0.29, 0.717) is 5.75 Å². The van der Waals surface area contributed by atoms with Crippen molar-refractivity contribution in [2.45, 2.75) is 70.8 Å². The third-order valence-electron chi connectivity index (χ3n) is 3.09. The highest BCUT2D eigenvalue weighted by Gasteiger charge is 2.37. The Bertz CT molecular complexity index is 648. The second kappa shape index (κ2) is 9.80. The Balaban J connectivity index is 3.35. The van der Waals surface area contributed by atoms with Gasteiger partial charge in [0.2, 0.25) is 5.82 Å². The van der Waals surface area contributed by atoms with Crippen LogP contribution in [0.2, 0.25) is 0 Å². The number of hydrogen-bond acceptors (Lipinski definition) is 9. The van der Waals surface area contributed by atoms with Crippen molar-refractivity contribution in [1.82, 2.24) is 8.68 Å². The van der Waals surface area contributed by atoms with E-state index in [-0.39, 0.29) is 5.82 Å². The van der Waals surface area contributed by atoms with Gasteiger partial charge < -0.3 is 14.2 Å². The van der Waals surface area contributed by atoms with Crippen LogP contribution in [0.25, 0.3) is 0 Å². The van der Waals surface area contributed by atoms with Gasteiger partial charge in [-0.1, -0.05) is 13.8 Å². The first-order chi connectivity index (χ1) is 12.8. The summed E-state index contributed by atoms with van der Waals surface area (Å²) in [6.07, 6.45) is -1.74. The smallest absolute Gasteiger partial charge is 0.425 e. The van der Waals surface area contributed by atoms with E-state index < -0.39 is 23.4 Å². The largest absolute Gasteiger partial charge is 0.491 e. The van der Waals surface area contributed by atoms with Crippen molar-refractivity contribution in [3.05, 3.63) is 0 Å². The summed E-state index contributed by atoms with van der Waals surface area (Å²) in [4.78, 5) is 26.4. The van der Waals surface area contributed by atoms with E-state index in [1.54, 1.807) is 41.5 Å². The van der Waals surface area contributed by atoms with Crippen molar-refractivity contribution in [3.63, 3.8) is 0 Å². The fourth-order valence-corrected chi connectivity index (χ4v) is 3.87. The van der Waals surface area contributed by atoms with Crippen LogP contribution in [0.15, 0.2) is 4.21 Å². The zero-order chi connectivity index (χ0) is 21.7. The highest BCUT2D eigenvalue weighted by molar-refractivity contribution is 7.99. The van der Waals surface area contributed by atoms with Crippen LogP contribution in [-0.2, 0) is 9.47 Å². The minimum atomic E-state index is -0.871. The van der Waals surface area contributed by atoms with Gasteiger partial charge in [-0.05, 0) is 65.0 Å². The lowest BCUT2D eigenvalue weighted by atomic mass is 10.2. The maximum atomic E-state index is 12.8. The molecule has 8 nitrogen and oxygen atoms in total. The van der Waals surface area contributed by atoms with Crippen molar-refractivity contribution in [2.75, 3.05) is 25.1 Å². The fraction of sp³-hybridized carbons (Fsp3) is 0.722. The Morgan fingerprint density at radius 1 is 1.00 bits per heavy atom. The number of hydrogen-bond donors (Lipinski definition) is 0. The van der Waals surface area contributed by atoms with Crippen LogP contribution in [0.5, 0.6) is 5.75 Å². The number of anilines is 1. The summed E-state index contributed by atoms with van der Waals surface area (Å²) in [5, 5.41) is 0. The molecular formula is C18H31N3O5S2. The van der Waals surface area contributed by atoms with Crippen LogP contribution in [0.3, 0.4) is 0 Å². The molecule has 0 unspecified atom stereocenters. The van der Waals surface area contributed by atoms with E-state index in [0.717, 1.165) is 33.7 Å². The molecular weight excluding hydrogens is 402 g/mol. The van der Waals surface area contributed by atoms with Crippen LogP contribution in [0.1, 0.15) is 55.4 Å². The molecule has 10 heteroatoms. The summed E-state index contributed by atoms with van der Waals surface area (Å²) < 4.78 is 23.4. The molecule has 0 fully saturated rings. The molecule has 0 radical (unpaired) electrons. The van der Waals surface area contributed by atoms with Gasteiger partial charge in [-0.2, -0.15) is 9.27 Å². The minimum absolute atomic E-state index is 0.0608. The van der Waals surface area contributed by atoms with Gasteiger partial charge >= 0.3 is 12.2 Å². The summed E-state index contributed by atoms with van der Waals surface area (Å²) in [6.45, 7) is 16.0. The Morgan fingerprint density at radius 3 is 1.82 bits per heavy atom. The number of methoxy groups -OCH3 is 1. The molecule has 160 valence electrons. The first kappa shape index (κ1) is 24.5. The van der Waals surface area contributed by atoms with Gasteiger partial charge in [-0.3, -0.25) is 0 Å². The monoisotopic (exact) mass is 433 g/mol. The molecule has 0 saturated heterocycles. The number of rotatable bonds is 6. The molecule has 0 saturated carbocycles. The Kier molecular flexibility index (Phi) is 8.58. The quantitative estimate of drug-likeness (QED) is 0.568. The SMILES string of the molecule is CCN(CC)Sc1snc(N(C(=O)OC(C)(C)C)C(=O)OC(C)(C)C)c1OC. The number of carbonyl (C=O) groups excluding carboxylic acids is 2. The molecule has 1 heterocycles. The molecule has 28 heavy (non-hydrogen) atoms. The number of imide groups is 1. The van der Waals surface area contributed by atoms with E-state index in [1.807, 2.05) is 13.8 Å². The van der Waals surface area contributed by atoms with Gasteiger partial charge in [0.05, 0.1) is 7.11 Å². The number of ether oxygens (including phenoxy) is 3. The average molecular weight is 434 g/mol. The van der Waals surface area contributed by atoms with Gasteiger partial charge in [0.25, 0.3) is 0 Å². The summed E-state index contributed by atoms with van der Waals surface area (Å²) in [6, 6.07) is 0. The van der Waals surface area contributed by atoms with E-state index in [4.69, 9.17) is 14.2 Å². The Hall–Kier alpha value is -1.52. The maximum absolute atomic E-state index is 12.8. The zero-order valence-corrected chi connectivity index (χ0v) is 19.7. The third-order valence-corrected chi connectivity index (χ3v) is 5.28. The van der Waals surface area contributed by atoms with Crippen LogP contribution >= 0.6 is 23.5 Å². The molecule has 0 aliphatic carbocycles. The lowest BCUT2D eigenvalue weighted by molar-refractivity contribution is 0.0428. The van der Waals surface area contributed by atoms with Gasteiger partial charge in [-0.15, -0.1) is 0 Å². The number of carbonyl (C=O) groups is 2. The summed E-state index contributed by atoms with van der Waals surface area (Å²) in [5.74, 6) is 0.393. The van der Waals surface area contributed by atoms with Crippen molar-refractivity contribution >= 4 is 41.5 Å². The van der Waals surface area contributed by atoms with E-state index in [9.17, 15) is 9.59 Å². The molecule has 0 atom stereocenters. The van der Waals surface area contributed by atoms with Crippen LogP contribution in [-0.4, -0.2) is 52.3 Å². The Labute approximate surface area is 175 Å². The molecule has 0 aliphatic heterocycles. The first-order valence-corrected chi connectivity index (χ1v) is 10.6. The van der Waals surface area contributed by atoms with Crippen molar-refractivity contribution in [3.8, 4) is 5.75 Å². The highest BCUT2D eigenvalue weighted by Crippen LogP contribution is 2.43. The summed E-state index contributed by atoms with van der Waals surface area (Å²) >= 11 is 2.61. The zero-order valence-electron chi connectivity index (χ0n) is 18.1. The lowest BCUT2D eigenvalue weighted by Crippen LogP contribution is -2.44. The highest BCUT2D eigenvalue weighted by atomic mass is 32.2. The van der Waals surface area contributed by atoms with Gasteiger partial charge in [0, 0.05) is 13.1 Å². The second-order valence-corrected chi connectivity index (χ2v) is 9.97. The van der Waals surface area contributed by atoms with E-state index in [2.05, 4.69) is 8.68 Å². The standard InChI is InChI=1S/C18H31N3O5S2/c1-10-20(11-2)28-14-12(24-9)13(19-27-14)21(15(22)25-17(3,4)5)16(23)26-18(6,7)8/h10-11H2,1-9H3. The predicted octanol–water partition coefficient (Wildman–Crippen LogP) is 5.18. The number of amides is 2. The van der Waals surface area contributed by atoms with Crippen LogP contribution in [0.4, 0.5) is 15.4 Å². The average Bonchev–Trinajstić information content (AvgIpc) is 2.91. The van der Waals surface area contributed by atoms with Gasteiger partial charge in [-0.25, -0.2) is 13.9 Å². The van der Waals surface area contributed by atoms with Gasteiger partial charge in [0.15, 0.2) is 5.75 Å². The number of aromatic nitrogens is 1. The van der Waals surface area contributed by atoms with Crippen molar-refractivity contribution in [1.29, 1.82) is 0 Å². The van der Waals surface area contributed by atoms with Crippen molar-refractivity contribution < 1.29 is 23.8 Å². The molecule has 0 aliphatic rings. The molecule has 1 rings (SSSR count). The van der Waals surface area contributed by atoms with E-state index >= 15 is 0 Å². The molecule has 1 aromatic rings. The third kappa shape index (κ3) is 7.14. The predicted molar refractivity (Wildman–Crippen MR) is 112 cm³/mol. The van der Waals surface area contributed by atoms with Crippen LogP contribution < -0.4 is 9.64 Å². The topological polar surface area (TPSA) is 81.2 Å². The maximum Gasteiger partial charge on any atom is 0.425 e. The van der Waals surface area contributed by atoms with Crippen molar-refractivity contribution in [2.24, 2.45) is 0 Å². The summed E-state index contributed by atoms with van der Waals surface area (Å²) in [5.41, 5.74) is -1.58. The molecule has 0 N–H and O–H groups in total. The molecule has 2 amide bonds. The fourth-order valence-electron chi connectivity index (χ4n) is 1.97. The number of nitrogens with zero attached hydrogens (tertiary/aromatic N) is 3. The second-order valence-electron chi connectivity index (χ2n) is 7.83. The minimum Gasteiger partial charge on any atom is -0.491 e. The molecule has 0 bridgehead atoms. The summed E-state index contributed by atoms with van der Waals surface area (Å²) in [7, 11) is 1.47.